The van der Waals surface area contributed by atoms with Crippen LogP contribution in [0.3, 0.4) is 0 Å². The van der Waals surface area contributed by atoms with Gasteiger partial charge in [-0.3, -0.25) is 0 Å². The van der Waals surface area contributed by atoms with Crippen molar-refractivity contribution in [2.24, 2.45) is 0 Å². The van der Waals surface area contributed by atoms with Crippen molar-refractivity contribution in [3.8, 4) is 16.9 Å². The van der Waals surface area contributed by atoms with Crippen LogP contribution in [0.1, 0.15) is 10.4 Å². The van der Waals surface area contributed by atoms with Gasteiger partial charge >= 0.3 is 5.97 Å². The number of ether oxygens (including phenoxy) is 1. The minimum atomic E-state index is -1.22. The van der Waals surface area contributed by atoms with Crippen molar-refractivity contribution < 1.29 is 23.4 Å². The number of aromatic nitrogens is 1. The molecule has 1 aromatic heterocycles. The van der Waals surface area contributed by atoms with Gasteiger partial charge in [0.15, 0.2) is 0 Å². The van der Waals surface area contributed by atoms with Gasteiger partial charge in [-0.2, -0.15) is 0 Å². The summed E-state index contributed by atoms with van der Waals surface area (Å²) in [5.74, 6) is -2.38. The van der Waals surface area contributed by atoms with Crippen molar-refractivity contribution in [1.82, 2.24) is 4.98 Å². The molecular weight excluding hydrogens is 342 g/mol. The third kappa shape index (κ3) is 3.46. The molecule has 3 aromatic rings. The number of nitrogens with one attached hydrogen (secondary N) is 1. The molecule has 0 amide bonds. The van der Waals surface area contributed by atoms with E-state index in [-0.39, 0.29) is 22.6 Å². The predicted octanol–water partition coefficient (Wildman–Crippen LogP) is 4.48. The summed E-state index contributed by atoms with van der Waals surface area (Å²) in [7, 11) is 1.48. The van der Waals surface area contributed by atoms with E-state index in [0.29, 0.717) is 11.3 Å². The molecule has 0 bridgehead atoms. The van der Waals surface area contributed by atoms with Crippen LogP contribution in [0.2, 0.25) is 0 Å². The summed E-state index contributed by atoms with van der Waals surface area (Å²) < 4.78 is 33.4. The number of anilines is 2. The van der Waals surface area contributed by atoms with Crippen LogP contribution in [0.15, 0.2) is 54.7 Å². The highest BCUT2D eigenvalue weighted by Crippen LogP contribution is 2.35. The van der Waals surface area contributed by atoms with Gasteiger partial charge in [-0.05, 0) is 35.9 Å². The van der Waals surface area contributed by atoms with E-state index in [1.807, 2.05) is 0 Å². The second kappa shape index (κ2) is 7.18. The van der Waals surface area contributed by atoms with Gasteiger partial charge in [-0.1, -0.05) is 12.1 Å². The summed E-state index contributed by atoms with van der Waals surface area (Å²) in [6, 6.07) is 11.3. The Labute approximate surface area is 147 Å². The van der Waals surface area contributed by atoms with Crippen LogP contribution in [0.25, 0.3) is 11.1 Å². The Hall–Kier alpha value is -3.48. The fourth-order valence-electron chi connectivity index (χ4n) is 2.51. The maximum atomic E-state index is 14.5. The Morgan fingerprint density at radius 2 is 1.96 bits per heavy atom. The summed E-state index contributed by atoms with van der Waals surface area (Å²) in [6.45, 7) is 0. The molecule has 3 rings (SSSR count). The van der Waals surface area contributed by atoms with E-state index in [9.17, 15) is 18.7 Å². The van der Waals surface area contributed by atoms with Gasteiger partial charge in [-0.25, -0.2) is 18.6 Å². The van der Waals surface area contributed by atoms with E-state index >= 15 is 0 Å². The molecule has 0 fully saturated rings. The van der Waals surface area contributed by atoms with Crippen molar-refractivity contribution in [3.05, 3.63) is 71.9 Å². The first-order valence-corrected chi connectivity index (χ1v) is 7.58. The van der Waals surface area contributed by atoms with Crippen LogP contribution in [0, 0.1) is 11.6 Å². The molecule has 5 nitrogen and oxygen atoms in total. The maximum Gasteiger partial charge on any atom is 0.339 e. The number of rotatable bonds is 5. The lowest BCUT2D eigenvalue weighted by molar-refractivity contribution is 0.0697. The number of nitrogens with zero attached hydrogens (tertiary/aromatic N) is 1. The van der Waals surface area contributed by atoms with Crippen LogP contribution in [-0.2, 0) is 0 Å². The molecule has 0 atom stereocenters. The fraction of sp³-hybridized carbons (Fsp3) is 0.0526. The van der Waals surface area contributed by atoms with Crippen molar-refractivity contribution in [2.75, 3.05) is 12.4 Å². The Balaban J connectivity index is 2.15. The second-order valence-electron chi connectivity index (χ2n) is 5.37. The van der Waals surface area contributed by atoms with E-state index in [0.717, 1.165) is 12.1 Å². The normalized spacial score (nSPS) is 10.4. The van der Waals surface area contributed by atoms with Crippen LogP contribution >= 0.6 is 0 Å². The number of hydrogen-bond donors (Lipinski definition) is 2. The maximum absolute atomic E-state index is 14.5. The average molecular weight is 356 g/mol. The standard InChI is InChI=1S/C19H14F2N2O3/c1-26-13-5-2-4-11(8-13)15-9-12(20)10-16(21)17(15)23-18-14(19(24)25)6-3-7-22-18/h2-10H,1H3,(H,22,23)(H,24,25). The highest BCUT2D eigenvalue weighted by molar-refractivity contribution is 5.95. The number of halogens is 2. The monoisotopic (exact) mass is 356 g/mol. The molecule has 0 saturated heterocycles. The fourth-order valence-corrected chi connectivity index (χ4v) is 2.51. The number of carboxylic acid groups (broad SMARTS) is 1. The molecule has 132 valence electrons. The first-order chi connectivity index (χ1) is 12.5. The van der Waals surface area contributed by atoms with Gasteiger partial charge in [0.2, 0.25) is 0 Å². The summed E-state index contributed by atoms with van der Waals surface area (Å²) >= 11 is 0. The summed E-state index contributed by atoms with van der Waals surface area (Å²) in [5, 5.41) is 11.9. The molecule has 0 aliphatic heterocycles. The van der Waals surface area contributed by atoms with E-state index < -0.39 is 17.6 Å². The third-order valence-electron chi connectivity index (χ3n) is 3.72. The number of pyridine rings is 1. The third-order valence-corrected chi connectivity index (χ3v) is 3.72. The Bertz CT molecular complexity index is 977. The molecule has 26 heavy (non-hydrogen) atoms. The lowest BCUT2D eigenvalue weighted by Gasteiger charge is -2.15. The van der Waals surface area contributed by atoms with Crippen LogP contribution in [0.4, 0.5) is 20.3 Å². The number of hydrogen-bond acceptors (Lipinski definition) is 4. The van der Waals surface area contributed by atoms with Gasteiger partial charge < -0.3 is 15.2 Å². The molecule has 0 radical (unpaired) electrons. The molecule has 2 aromatic carbocycles. The second-order valence-corrected chi connectivity index (χ2v) is 5.37. The van der Waals surface area contributed by atoms with Crippen LogP contribution in [0.5, 0.6) is 5.75 Å². The number of methoxy groups -OCH3 is 1. The molecule has 2 N–H and O–H groups in total. The Morgan fingerprint density at radius 1 is 1.15 bits per heavy atom. The van der Waals surface area contributed by atoms with Gasteiger partial charge in [0, 0.05) is 17.8 Å². The van der Waals surface area contributed by atoms with Crippen molar-refractivity contribution in [1.29, 1.82) is 0 Å². The van der Waals surface area contributed by atoms with Crippen molar-refractivity contribution in [3.63, 3.8) is 0 Å². The van der Waals surface area contributed by atoms with Gasteiger partial charge in [-0.15, -0.1) is 0 Å². The first kappa shape index (κ1) is 17.3. The zero-order valence-corrected chi connectivity index (χ0v) is 13.7. The number of carboxylic acids is 1. The van der Waals surface area contributed by atoms with E-state index in [1.54, 1.807) is 24.3 Å². The van der Waals surface area contributed by atoms with Crippen LogP contribution < -0.4 is 10.1 Å². The minimum Gasteiger partial charge on any atom is -0.497 e. The molecule has 0 spiro atoms. The lowest BCUT2D eigenvalue weighted by Crippen LogP contribution is -2.06. The smallest absolute Gasteiger partial charge is 0.339 e. The van der Waals surface area contributed by atoms with E-state index in [1.165, 1.54) is 25.4 Å². The highest BCUT2D eigenvalue weighted by Gasteiger charge is 2.17. The predicted molar refractivity (Wildman–Crippen MR) is 92.8 cm³/mol. The topological polar surface area (TPSA) is 71.5 Å². The lowest BCUT2D eigenvalue weighted by atomic mass is 10.0. The van der Waals surface area contributed by atoms with Gasteiger partial charge in [0.25, 0.3) is 0 Å². The van der Waals surface area contributed by atoms with E-state index in [2.05, 4.69) is 10.3 Å². The average Bonchev–Trinajstić information content (AvgIpc) is 2.64. The summed E-state index contributed by atoms with van der Waals surface area (Å²) in [5.41, 5.74) is 0.495. The van der Waals surface area contributed by atoms with Crippen molar-refractivity contribution in [2.45, 2.75) is 0 Å². The molecule has 0 aliphatic carbocycles. The first-order valence-electron chi connectivity index (χ1n) is 7.58. The Kier molecular flexibility index (Phi) is 4.79. The zero-order chi connectivity index (χ0) is 18.7. The Morgan fingerprint density at radius 3 is 2.69 bits per heavy atom. The van der Waals surface area contributed by atoms with Crippen LogP contribution in [-0.4, -0.2) is 23.2 Å². The summed E-state index contributed by atoms with van der Waals surface area (Å²) in [6.07, 6.45) is 1.38. The number of benzene rings is 2. The SMILES string of the molecule is COc1cccc(-c2cc(F)cc(F)c2Nc2ncccc2C(=O)O)c1. The summed E-state index contributed by atoms with van der Waals surface area (Å²) in [4.78, 5) is 15.3. The molecule has 0 saturated carbocycles. The number of carbonyl (C=O) groups is 1. The molecule has 0 unspecified atom stereocenters. The molecular formula is C19H14F2N2O3. The van der Waals surface area contributed by atoms with E-state index in [4.69, 9.17) is 4.74 Å². The van der Waals surface area contributed by atoms with Gasteiger partial charge in [0.05, 0.1) is 12.8 Å². The van der Waals surface area contributed by atoms with Gasteiger partial charge in [0.1, 0.15) is 28.8 Å². The largest absolute Gasteiger partial charge is 0.497 e. The van der Waals surface area contributed by atoms with Crippen molar-refractivity contribution >= 4 is 17.5 Å². The highest BCUT2D eigenvalue weighted by atomic mass is 19.1. The molecule has 1 heterocycles. The minimum absolute atomic E-state index is 0.0466. The zero-order valence-electron chi connectivity index (χ0n) is 13.7. The number of aromatic carboxylic acids is 1. The molecule has 7 heteroatoms. The quantitative estimate of drug-likeness (QED) is 0.705. The molecule has 0 aliphatic rings.